The second-order valence-electron chi connectivity index (χ2n) is 9.66. The number of nitrogens with one attached hydrogen (secondary N) is 1. The third-order valence-electron chi connectivity index (χ3n) is 5.97. The highest BCUT2D eigenvalue weighted by molar-refractivity contribution is 5.81. The topological polar surface area (TPSA) is 41.6 Å². The summed E-state index contributed by atoms with van der Waals surface area (Å²) in [6.07, 6.45) is 4.09. The van der Waals surface area contributed by atoms with Crippen molar-refractivity contribution >= 4 is 5.91 Å². The van der Waals surface area contributed by atoms with Gasteiger partial charge in [-0.1, -0.05) is 70.5 Å². The van der Waals surface area contributed by atoms with Crippen LogP contribution in [0.3, 0.4) is 0 Å². The second-order valence-corrected chi connectivity index (χ2v) is 9.66. The van der Waals surface area contributed by atoms with Gasteiger partial charge in [0.15, 0.2) is 6.10 Å². The van der Waals surface area contributed by atoms with E-state index in [1.165, 1.54) is 43.5 Å². The Labute approximate surface area is 188 Å². The van der Waals surface area contributed by atoms with Gasteiger partial charge in [-0.15, -0.1) is 0 Å². The molecular weight excluding hydrogens is 384 g/mol. The Balaban J connectivity index is 1.53. The lowest BCUT2D eigenvalue weighted by molar-refractivity contribution is -0.128. The Kier molecular flexibility index (Phi) is 8.14. The third-order valence-corrected chi connectivity index (χ3v) is 5.97. The van der Waals surface area contributed by atoms with E-state index in [1.807, 2.05) is 19.1 Å². The van der Waals surface area contributed by atoms with Crippen molar-refractivity contribution in [3.63, 3.8) is 0 Å². The van der Waals surface area contributed by atoms with Gasteiger partial charge in [0.1, 0.15) is 5.75 Å². The number of amides is 1. The van der Waals surface area contributed by atoms with Crippen LogP contribution in [0.5, 0.6) is 5.75 Å². The molecule has 0 aliphatic carbocycles. The van der Waals surface area contributed by atoms with E-state index in [4.69, 9.17) is 4.74 Å². The van der Waals surface area contributed by atoms with Gasteiger partial charge in [0.25, 0.3) is 5.91 Å². The lowest BCUT2D eigenvalue weighted by atomic mass is 9.87. The van der Waals surface area contributed by atoms with E-state index < -0.39 is 6.10 Å². The van der Waals surface area contributed by atoms with Crippen molar-refractivity contribution in [1.29, 1.82) is 0 Å². The summed E-state index contributed by atoms with van der Waals surface area (Å²) in [5.74, 6) is 0.669. The molecule has 1 atom stereocenters. The Morgan fingerprint density at radius 2 is 1.71 bits per heavy atom. The molecule has 1 N–H and O–H groups in total. The molecule has 3 rings (SSSR count). The number of ether oxygens (including phenoxy) is 1. The molecule has 0 aromatic heterocycles. The van der Waals surface area contributed by atoms with Crippen LogP contribution in [-0.2, 0) is 23.3 Å². The minimum Gasteiger partial charge on any atom is -0.481 e. The number of rotatable bonds is 8. The number of benzene rings is 2. The van der Waals surface area contributed by atoms with Crippen LogP contribution in [0.15, 0.2) is 48.5 Å². The van der Waals surface area contributed by atoms with Crippen LogP contribution in [0.25, 0.3) is 0 Å². The first-order valence-corrected chi connectivity index (χ1v) is 11.7. The average molecular weight is 423 g/mol. The molecule has 1 amide bonds. The first-order valence-electron chi connectivity index (χ1n) is 11.7. The van der Waals surface area contributed by atoms with Gasteiger partial charge in [0, 0.05) is 13.1 Å². The van der Waals surface area contributed by atoms with Gasteiger partial charge >= 0.3 is 0 Å². The maximum atomic E-state index is 12.7. The van der Waals surface area contributed by atoms with E-state index in [0.29, 0.717) is 13.0 Å². The predicted molar refractivity (Wildman–Crippen MR) is 127 cm³/mol. The number of nitrogens with zero attached hydrogens (tertiary/aromatic N) is 1. The molecule has 0 bridgehead atoms. The molecule has 2 aromatic rings. The number of hydrogen-bond acceptors (Lipinski definition) is 3. The zero-order valence-electron chi connectivity index (χ0n) is 19.6. The van der Waals surface area contributed by atoms with Crippen molar-refractivity contribution in [1.82, 2.24) is 10.2 Å². The molecule has 1 saturated heterocycles. The molecule has 4 nitrogen and oxygen atoms in total. The van der Waals surface area contributed by atoms with Gasteiger partial charge in [-0.05, 0) is 66.6 Å². The summed E-state index contributed by atoms with van der Waals surface area (Å²) in [5.41, 5.74) is 3.80. The Hall–Kier alpha value is -2.33. The zero-order chi connectivity index (χ0) is 22.3. The highest BCUT2D eigenvalue weighted by atomic mass is 16.5. The van der Waals surface area contributed by atoms with Crippen molar-refractivity contribution < 1.29 is 9.53 Å². The summed E-state index contributed by atoms with van der Waals surface area (Å²) in [6, 6.07) is 16.6. The number of hydrogen-bond donors (Lipinski definition) is 1. The number of piperidine rings is 1. The molecule has 0 radical (unpaired) electrons. The third kappa shape index (κ3) is 7.10. The molecule has 168 valence electrons. The van der Waals surface area contributed by atoms with Crippen LogP contribution in [-0.4, -0.2) is 30.0 Å². The normalized spacial score (nSPS) is 16.0. The quantitative estimate of drug-likeness (QED) is 0.615. The Morgan fingerprint density at radius 3 is 2.35 bits per heavy atom. The maximum absolute atomic E-state index is 12.7. The van der Waals surface area contributed by atoms with Gasteiger partial charge in [-0.2, -0.15) is 0 Å². The fourth-order valence-electron chi connectivity index (χ4n) is 4.04. The highest BCUT2D eigenvalue weighted by Crippen LogP contribution is 2.25. The number of carbonyl (C=O) groups is 1. The van der Waals surface area contributed by atoms with Gasteiger partial charge in [0.05, 0.1) is 0 Å². The van der Waals surface area contributed by atoms with E-state index in [0.717, 1.165) is 17.9 Å². The van der Waals surface area contributed by atoms with Crippen molar-refractivity contribution in [3.8, 4) is 5.75 Å². The second kappa shape index (κ2) is 10.8. The number of carbonyl (C=O) groups excluding carboxylic acids is 1. The van der Waals surface area contributed by atoms with Gasteiger partial charge < -0.3 is 10.1 Å². The summed E-state index contributed by atoms with van der Waals surface area (Å²) >= 11 is 0. The molecule has 2 aromatic carbocycles. The number of likely N-dealkylation sites (tertiary alicyclic amines) is 1. The van der Waals surface area contributed by atoms with E-state index in [2.05, 4.69) is 67.4 Å². The van der Waals surface area contributed by atoms with E-state index in [-0.39, 0.29) is 11.3 Å². The van der Waals surface area contributed by atoms with Crippen LogP contribution >= 0.6 is 0 Å². The molecule has 4 heteroatoms. The van der Waals surface area contributed by atoms with Crippen molar-refractivity contribution in [2.24, 2.45) is 0 Å². The van der Waals surface area contributed by atoms with Crippen molar-refractivity contribution in [2.45, 2.75) is 78.0 Å². The van der Waals surface area contributed by atoms with Crippen LogP contribution in [0.4, 0.5) is 0 Å². The van der Waals surface area contributed by atoms with Crippen LogP contribution in [0, 0.1) is 0 Å². The minimum absolute atomic E-state index is 0.0659. The van der Waals surface area contributed by atoms with Crippen LogP contribution < -0.4 is 10.1 Å². The predicted octanol–water partition coefficient (Wildman–Crippen LogP) is 5.44. The van der Waals surface area contributed by atoms with E-state index >= 15 is 0 Å². The highest BCUT2D eigenvalue weighted by Gasteiger charge is 2.19. The van der Waals surface area contributed by atoms with Crippen molar-refractivity contribution in [3.05, 3.63) is 65.2 Å². The first-order chi connectivity index (χ1) is 14.8. The lowest BCUT2D eigenvalue weighted by Gasteiger charge is -2.26. The minimum atomic E-state index is -0.489. The lowest BCUT2D eigenvalue weighted by Crippen LogP contribution is -2.37. The summed E-state index contributed by atoms with van der Waals surface area (Å²) in [4.78, 5) is 15.3. The smallest absolute Gasteiger partial charge is 0.261 e. The fourth-order valence-corrected chi connectivity index (χ4v) is 4.04. The Bertz CT molecular complexity index is 833. The van der Waals surface area contributed by atoms with Crippen molar-refractivity contribution in [2.75, 3.05) is 13.1 Å². The summed E-state index contributed by atoms with van der Waals surface area (Å²) in [6.45, 7) is 12.4. The largest absolute Gasteiger partial charge is 0.481 e. The van der Waals surface area contributed by atoms with Crippen LogP contribution in [0.2, 0.25) is 0 Å². The molecule has 0 spiro atoms. The van der Waals surface area contributed by atoms with E-state index in [9.17, 15) is 4.79 Å². The molecule has 0 saturated carbocycles. The molecule has 1 aliphatic rings. The zero-order valence-corrected chi connectivity index (χ0v) is 19.6. The molecule has 1 fully saturated rings. The van der Waals surface area contributed by atoms with Gasteiger partial charge in [0.2, 0.25) is 0 Å². The molecule has 1 aliphatic heterocycles. The SMILES string of the molecule is CC[C@@H](Oc1ccc(C(C)(C)C)cc1)C(=O)NCc1cccc(CN2CCCCC2)c1. The average Bonchev–Trinajstić information content (AvgIpc) is 2.76. The first kappa shape index (κ1) is 23.3. The standard InChI is InChI=1S/C27H38N2O2/c1-5-25(31-24-14-12-23(13-15-24)27(2,3)4)26(30)28-19-21-10-9-11-22(18-21)20-29-16-7-6-8-17-29/h9-15,18,25H,5-8,16-17,19-20H2,1-4H3,(H,28,30)/t25-/m1/s1. The summed E-state index contributed by atoms with van der Waals surface area (Å²) in [7, 11) is 0. The van der Waals surface area contributed by atoms with Gasteiger partial charge in [-0.3, -0.25) is 9.69 Å². The molecule has 1 heterocycles. The van der Waals surface area contributed by atoms with Gasteiger partial charge in [-0.25, -0.2) is 0 Å². The maximum Gasteiger partial charge on any atom is 0.261 e. The fraction of sp³-hybridized carbons (Fsp3) is 0.519. The summed E-state index contributed by atoms with van der Waals surface area (Å²) in [5, 5.41) is 3.06. The van der Waals surface area contributed by atoms with E-state index in [1.54, 1.807) is 0 Å². The molecular formula is C27H38N2O2. The molecule has 0 unspecified atom stereocenters. The summed E-state index contributed by atoms with van der Waals surface area (Å²) < 4.78 is 5.99. The van der Waals surface area contributed by atoms with Crippen LogP contribution in [0.1, 0.15) is 70.1 Å². The Morgan fingerprint density at radius 1 is 1.03 bits per heavy atom. The molecule has 31 heavy (non-hydrogen) atoms. The monoisotopic (exact) mass is 422 g/mol.